The van der Waals surface area contributed by atoms with Crippen molar-refractivity contribution in [2.24, 2.45) is 0 Å². The van der Waals surface area contributed by atoms with E-state index in [0.29, 0.717) is 0 Å². The zero-order valence-corrected chi connectivity index (χ0v) is 13.2. The number of nitrogens with one attached hydrogen (secondary N) is 1. The summed E-state index contributed by atoms with van der Waals surface area (Å²) in [5.74, 6) is 0. The van der Waals surface area contributed by atoms with Crippen molar-refractivity contribution in [3.05, 3.63) is 58.6 Å². The molecule has 0 unspecified atom stereocenters. The van der Waals surface area contributed by atoms with Gasteiger partial charge in [0, 0.05) is 36.0 Å². The monoisotopic (exact) mass is 300 g/mol. The molecule has 3 heteroatoms. The summed E-state index contributed by atoms with van der Waals surface area (Å²) < 4.78 is 0. The van der Waals surface area contributed by atoms with Crippen LogP contribution in [0, 0.1) is 6.92 Å². The van der Waals surface area contributed by atoms with E-state index in [1.807, 2.05) is 12.1 Å². The van der Waals surface area contributed by atoms with E-state index in [1.54, 1.807) is 0 Å². The van der Waals surface area contributed by atoms with Crippen LogP contribution in [0.25, 0.3) is 0 Å². The maximum Gasteiger partial charge on any atom is 0.0455 e. The van der Waals surface area contributed by atoms with Gasteiger partial charge in [-0.2, -0.15) is 0 Å². The van der Waals surface area contributed by atoms with Crippen molar-refractivity contribution in [3.63, 3.8) is 0 Å². The second-order valence-electron chi connectivity index (χ2n) is 5.56. The number of halogens is 1. The third-order valence-corrected chi connectivity index (χ3v) is 4.58. The molecule has 21 heavy (non-hydrogen) atoms. The molecular weight excluding hydrogens is 280 g/mol. The van der Waals surface area contributed by atoms with Crippen LogP contribution in [-0.4, -0.2) is 19.6 Å². The lowest BCUT2D eigenvalue weighted by Gasteiger charge is -2.31. The molecule has 0 aliphatic carbocycles. The highest BCUT2D eigenvalue weighted by molar-refractivity contribution is 6.31. The number of nitrogens with zero attached hydrogens (tertiary/aromatic N) is 1. The third-order valence-electron chi connectivity index (χ3n) is 4.17. The standard InChI is InChI=1S/C18H21ClN2/c1-14-16(19)8-4-9-17(14)20-11-13-21-12-5-7-15-6-2-3-10-18(15)21/h2-4,6,8-10,20H,5,7,11-13H2,1H3. The Morgan fingerprint density at radius 2 is 2.00 bits per heavy atom. The molecule has 1 heterocycles. The SMILES string of the molecule is Cc1c(Cl)cccc1NCCN1CCCc2ccccc21. The Morgan fingerprint density at radius 1 is 1.14 bits per heavy atom. The highest BCUT2D eigenvalue weighted by atomic mass is 35.5. The van der Waals surface area contributed by atoms with Gasteiger partial charge < -0.3 is 10.2 Å². The van der Waals surface area contributed by atoms with E-state index in [-0.39, 0.29) is 0 Å². The van der Waals surface area contributed by atoms with Crippen molar-refractivity contribution in [1.29, 1.82) is 0 Å². The van der Waals surface area contributed by atoms with Crippen LogP contribution in [0.3, 0.4) is 0 Å². The summed E-state index contributed by atoms with van der Waals surface area (Å²) in [5, 5.41) is 4.33. The van der Waals surface area contributed by atoms with Gasteiger partial charge in [0.1, 0.15) is 0 Å². The van der Waals surface area contributed by atoms with E-state index < -0.39 is 0 Å². The van der Waals surface area contributed by atoms with Gasteiger partial charge in [0.05, 0.1) is 0 Å². The molecule has 0 fully saturated rings. The molecule has 0 spiro atoms. The lowest BCUT2D eigenvalue weighted by atomic mass is 10.0. The van der Waals surface area contributed by atoms with Crippen molar-refractivity contribution in [3.8, 4) is 0 Å². The summed E-state index contributed by atoms with van der Waals surface area (Å²) in [6, 6.07) is 14.8. The Hall–Kier alpha value is -1.67. The van der Waals surface area contributed by atoms with Crippen molar-refractivity contribution in [1.82, 2.24) is 0 Å². The predicted molar refractivity (Wildman–Crippen MR) is 91.7 cm³/mol. The minimum Gasteiger partial charge on any atom is -0.383 e. The molecule has 2 nitrogen and oxygen atoms in total. The molecule has 0 amide bonds. The second kappa shape index (κ2) is 6.40. The number of aryl methyl sites for hydroxylation is 1. The highest BCUT2D eigenvalue weighted by Crippen LogP contribution is 2.26. The number of anilines is 2. The van der Waals surface area contributed by atoms with Crippen molar-refractivity contribution in [2.45, 2.75) is 19.8 Å². The Bertz CT molecular complexity index is 624. The third kappa shape index (κ3) is 3.16. The molecule has 2 aromatic carbocycles. The fourth-order valence-electron chi connectivity index (χ4n) is 2.97. The van der Waals surface area contributed by atoms with E-state index in [1.165, 1.54) is 24.1 Å². The molecule has 0 saturated carbocycles. The number of para-hydroxylation sites is 1. The molecule has 110 valence electrons. The average Bonchev–Trinajstić information content (AvgIpc) is 2.52. The first-order valence-electron chi connectivity index (χ1n) is 7.57. The number of fused-ring (bicyclic) bond motifs is 1. The van der Waals surface area contributed by atoms with E-state index in [4.69, 9.17) is 11.6 Å². The van der Waals surface area contributed by atoms with Gasteiger partial charge in [-0.3, -0.25) is 0 Å². The number of hydrogen-bond donors (Lipinski definition) is 1. The van der Waals surface area contributed by atoms with Crippen molar-refractivity contribution in [2.75, 3.05) is 29.9 Å². The summed E-state index contributed by atoms with van der Waals surface area (Å²) in [7, 11) is 0. The number of hydrogen-bond acceptors (Lipinski definition) is 2. The van der Waals surface area contributed by atoms with Crippen LogP contribution in [-0.2, 0) is 6.42 Å². The minimum atomic E-state index is 0.823. The first-order valence-corrected chi connectivity index (χ1v) is 7.95. The molecular formula is C18H21ClN2. The molecule has 0 saturated heterocycles. The summed E-state index contributed by atoms with van der Waals surface area (Å²) in [6.45, 7) is 5.15. The largest absolute Gasteiger partial charge is 0.383 e. The quantitative estimate of drug-likeness (QED) is 0.893. The molecule has 0 radical (unpaired) electrons. The van der Waals surface area contributed by atoms with Gasteiger partial charge in [-0.15, -0.1) is 0 Å². The predicted octanol–water partition coefficient (Wildman–Crippen LogP) is 4.51. The van der Waals surface area contributed by atoms with Gasteiger partial charge in [0.2, 0.25) is 0 Å². The molecule has 0 bridgehead atoms. The van der Waals surface area contributed by atoms with Crippen LogP contribution in [0.4, 0.5) is 11.4 Å². The first kappa shape index (κ1) is 14.3. The molecule has 1 aliphatic heterocycles. The Kier molecular flexibility index (Phi) is 4.35. The summed E-state index contributed by atoms with van der Waals surface area (Å²) in [5.41, 5.74) is 5.13. The van der Waals surface area contributed by atoms with Crippen LogP contribution in [0.5, 0.6) is 0 Å². The fourth-order valence-corrected chi connectivity index (χ4v) is 3.14. The Labute approximate surface area is 131 Å². The van der Waals surface area contributed by atoms with Crippen LogP contribution in [0.15, 0.2) is 42.5 Å². The van der Waals surface area contributed by atoms with Crippen LogP contribution in [0.1, 0.15) is 17.5 Å². The Balaban J connectivity index is 1.63. The average molecular weight is 301 g/mol. The van der Waals surface area contributed by atoms with Gasteiger partial charge in [-0.1, -0.05) is 35.9 Å². The van der Waals surface area contributed by atoms with E-state index >= 15 is 0 Å². The number of benzene rings is 2. The van der Waals surface area contributed by atoms with Gasteiger partial charge in [-0.25, -0.2) is 0 Å². The molecule has 2 aromatic rings. The smallest absolute Gasteiger partial charge is 0.0455 e. The molecule has 3 rings (SSSR count). The normalized spacial score (nSPS) is 13.9. The molecule has 0 atom stereocenters. The maximum atomic E-state index is 6.16. The van der Waals surface area contributed by atoms with E-state index in [2.05, 4.69) is 47.5 Å². The van der Waals surface area contributed by atoms with Crippen molar-refractivity contribution >= 4 is 23.0 Å². The summed E-state index contributed by atoms with van der Waals surface area (Å²) in [4.78, 5) is 2.48. The zero-order valence-electron chi connectivity index (χ0n) is 12.4. The van der Waals surface area contributed by atoms with E-state index in [9.17, 15) is 0 Å². The molecule has 1 N–H and O–H groups in total. The molecule has 0 aromatic heterocycles. The Morgan fingerprint density at radius 3 is 2.90 bits per heavy atom. The van der Waals surface area contributed by atoms with Crippen LogP contribution < -0.4 is 10.2 Å². The lowest BCUT2D eigenvalue weighted by molar-refractivity contribution is 0.698. The molecule has 1 aliphatic rings. The topological polar surface area (TPSA) is 15.3 Å². The van der Waals surface area contributed by atoms with Crippen molar-refractivity contribution < 1.29 is 0 Å². The zero-order chi connectivity index (χ0) is 14.7. The van der Waals surface area contributed by atoms with Gasteiger partial charge >= 0.3 is 0 Å². The summed E-state index contributed by atoms with van der Waals surface area (Å²) in [6.07, 6.45) is 2.45. The highest BCUT2D eigenvalue weighted by Gasteiger charge is 2.15. The van der Waals surface area contributed by atoms with Gasteiger partial charge in [0.25, 0.3) is 0 Å². The second-order valence-corrected chi connectivity index (χ2v) is 5.97. The van der Waals surface area contributed by atoms with Crippen LogP contribution in [0.2, 0.25) is 5.02 Å². The first-order chi connectivity index (χ1) is 10.3. The van der Waals surface area contributed by atoms with Crippen LogP contribution >= 0.6 is 11.6 Å². The van der Waals surface area contributed by atoms with Gasteiger partial charge in [0.15, 0.2) is 0 Å². The van der Waals surface area contributed by atoms with Gasteiger partial charge in [-0.05, 0) is 49.1 Å². The van der Waals surface area contributed by atoms with E-state index in [0.717, 1.165) is 35.9 Å². The number of rotatable bonds is 4. The maximum absolute atomic E-state index is 6.16. The summed E-state index contributed by atoms with van der Waals surface area (Å²) >= 11 is 6.16. The fraction of sp³-hybridized carbons (Fsp3) is 0.333. The minimum absolute atomic E-state index is 0.823. The lowest BCUT2D eigenvalue weighted by Crippen LogP contribution is -2.33.